The van der Waals surface area contributed by atoms with E-state index in [0.29, 0.717) is 34.1 Å². The molecule has 0 bridgehead atoms. The van der Waals surface area contributed by atoms with Crippen LogP contribution in [0.25, 0.3) is 0 Å². The van der Waals surface area contributed by atoms with Gasteiger partial charge >= 0.3 is 0 Å². The van der Waals surface area contributed by atoms with Gasteiger partial charge in [0.2, 0.25) is 0 Å². The molecule has 9 heteroatoms. The normalized spacial score (nSPS) is 14.8. The van der Waals surface area contributed by atoms with Crippen LogP contribution in [0, 0.1) is 5.82 Å². The summed E-state index contributed by atoms with van der Waals surface area (Å²) in [6.07, 6.45) is 0. The van der Waals surface area contributed by atoms with Crippen LogP contribution in [0.5, 0.6) is 23.0 Å². The second-order valence-electron chi connectivity index (χ2n) is 9.45. The molecule has 3 aromatic rings. The van der Waals surface area contributed by atoms with Crippen molar-refractivity contribution in [1.29, 1.82) is 0 Å². The molecule has 204 valence electrons. The van der Waals surface area contributed by atoms with Gasteiger partial charge in [-0.1, -0.05) is 18.2 Å². The highest BCUT2D eigenvalue weighted by Gasteiger charge is 2.19. The van der Waals surface area contributed by atoms with Crippen LogP contribution in [0.4, 0.5) is 4.39 Å². The van der Waals surface area contributed by atoms with Gasteiger partial charge in [-0.05, 0) is 36.4 Å². The summed E-state index contributed by atoms with van der Waals surface area (Å²) in [5.41, 5.74) is 2.76. The lowest BCUT2D eigenvalue weighted by Crippen LogP contribution is -2.23. The monoisotopic (exact) mass is 532 g/mol. The van der Waals surface area contributed by atoms with Gasteiger partial charge in [-0.2, -0.15) is 0 Å². The number of nitrogens with zero attached hydrogens (tertiary/aromatic N) is 4. The number of hydrogen-bond acceptors (Lipinski definition) is 8. The summed E-state index contributed by atoms with van der Waals surface area (Å²) in [6.45, 7) is 3.42. The van der Waals surface area contributed by atoms with Gasteiger partial charge in [0.05, 0.1) is 27.3 Å². The van der Waals surface area contributed by atoms with E-state index in [9.17, 15) is 0 Å². The molecule has 0 aliphatic carbocycles. The Morgan fingerprint density at radius 2 is 1.15 bits per heavy atom. The van der Waals surface area contributed by atoms with Crippen LogP contribution in [-0.2, 0) is 13.2 Å². The fourth-order valence-electron chi connectivity index (χ4n) is 4.71. The number of hydrogen-bond donors (Lipinski definition) is 0. The molecule has 2 aliphatic heterocycles. The zero-order valence-corrected chi connectivity index (χ0v) is 22.7. The fourth-order valence-corrected chi connectivity index (χ4v) is 4.71. The molecule has 0 saturated heterocycles. The van der Waals surface area contributed by atoms with Gasteiger partial charge in [0.1, 0.15) is 30.7 Å². The molecule has 8 nitrogen and oxygen atoms in total. The van der Waals surface area contributed by atoms with E-state index in [1.807, 2.05) is 50.5 Å². The first-order valence-corrected chi connectivity index (χ1v) is 12.9. The number of benzene rings is 3. The van der Waals surface area contributed by atoms with E-state index in [-0.39, 0.29) is 19.0 Å². The van der Waals surface area contributed by atoms with E-state index in [4.69, 9.17) is 18.9 Å². The van der Waals surface area contributed by atoms with Gasteiger partial charge in [-0.25, -0.2) is 4.39 Å². The van der Waals surface area contributed by atoms with Crippen LogP contribution in [0.3, 0.4) is 0 Å². The van der Waals surface area contributed by atoms with E-state index in [2.05, 4.69) is 19.8 Å². The lowest BCUT2D eigenvalue weighted by Gasteiger charge is -2.17. The lowest BCUT2D eigenvalue weighted by molar-refractivity contribution is 0.270. The van der Waals surface area contributed by atoms with Crippen molar-refractivity contribution in [3.8, 4) is 23.0 Å². The third-order valence-electron chi connectivity index (χ3n) is 6.89. The topological polar surface area (TPSA) is 68.1 Å². The SMILES string of the molecule is COc1cc(C2=NCCN2C)ccc1OCc1cccc(COc2ccc(C3=NCCN3C)cc2OC)c1F. The molecule has 2 heterocycles. The molecular weight excluding hydrogens is 499 g/mol. The van der Waals surface area contributed by atoms with Crippen molar-refractivity contribution in [1.82, 2.24) is 9.80 Å². The Bertz CT molecular complexity index is 1310. The van der Waals surface area contributed by atoms with Gasteiger partial charge in [0, 0.05) is 49.4 Å². The molecule has 0 unspecified atom stereocenters. The van der Waals surface area contributed by atoms with Gasteiger partial charge in [-0.15, -0.1) is 0 Å². The largest absolute Gasteiger partial charge is 0.493 e. The summed E-state index contributed by atoms with van der Waals surface area (Å²) in [7, 11) is 7.20. The Morgan fingerprint density at radius 1 is 0.692 bits per heavy atom. The number of likely N-dealkylation sites (N-methyl/N-ethyl adjacent to an activating group) is 2. The predicted molar refractivity (Wildman–Crippen MR) is 149 cm³/mol. The fraction of sp³-hybridized carbons (Fsp3) is 0.333. The van der Waals surface area contributed by atoms with Crippen molar-refractivity contribution in [3.05, 3.63) is 82.7 Å². The highest BCUT2D eigenvalue weighted by molar-refractivity contribution is 6.00. The number of halogens is 1. The molecule has 0 fully saturated rings. The molecule has 0 spiro atoms. The molecule has 2 aliphatic rings. The second-order valence-corrected chi connectivity index (χ2v) is 9.45. The van der Waals surface area contributed by atoms with Gasteiger partial charge < -0.3 is 28.7 Å². The maximum atomic E-state index is 15.4. The third-order valence-corrected chi connectivity index (χ3v) is 6.89. The van der Waals surface area contributed by atoms with Crippen LogP contribution < -0.4 is 18.9 Å². The molecule has 5 rings (SSSR count). The van der Waals surface area contributed by atoms with Crippen molar-refractivity contribution < 1.29 is 23.3 Å². The molecule has 0 aromatic heterocycles. The molecular formula is C30H33FN4O4. The van der Waals surface area contributed by atoms with Crippen LogP contribution in [-0.4, -0.2) is 76.0 Å². The number of aliphatic imine (C=N–C) groups is 2. The Balaban J connectivity index is 1.26. The van der Waals surface area contributed by atoms with Crippen molar-refractivity contribution in [2.24, 2.45) is 9.98 Å². The maximum Gasteiger partial charge on any atom is 0.161 e. The number of methoxy groups -OCH3 is 2. The first-order chi connectivity index (χ1) is 19.0. The standard InChI is InChI=1S/C30H33FN4O4/c1-34-14-12-32-29(34)20-8-10-24(26(16-20)36-3)38-18-22-6-5-7-23(28(22)31)19-39-25-11-9-21(17-27(25)37-4)30-33-13-15-35(30)2/h5-11,16-17H,12-15,18-19H2,1-4H3. The Hall–Kier alpha value is -4.27. The number of ether oxygens (including phenoxy) is 4. The first kappa shape index (κ1) is 26.3. The summed E-state index contributed by atoms with van der Waals surface area (Å²) in [6, 6.07) is 16.5. The molecule has 3 aromatic carbocycles. The van der Waals surface area contributed by atoms with Crippen molar-refractivity contribution >= 4 is 11.7 Å². The lowest BCUT2D eigenvalue weighted by atomic mass is 10.1. The minimum atomic E-state index is -0.368. The summed E-state index contributed by atoms with van der Waals surface area (Å²) >= 11 is 0. The zero-order valence-electron chi connectivity index (χ0n) is 22.7. The van der Waals surface area contributed by atoms with E-state index in [1.54, 1.807) is 32.4 Å². The Morgan fingerprint density at radius 3 is 1.54 bits per heavy atom. The average molecular weight is 533 g/mol. The molecule has 0 N–H and O–H groups in total. The van der Waals surface area contributed by atoms with Crippen molar-refractivity contribution in [3.63, 3.8) is 0 Å². The summed E-state index contributed by atoms with van der Waals surface area (Å²) < 4.78 is 38.4. The van der Waals surface area contributed by atoms with Crippen molar-refractivity contribution in [2.45, 2.75) is 13.2 Å². The van der Waals surface area contributed by atoms with E-state index < -0.39 is 0 Å². The van der Waals surface area contributed by atoms with E-state index >= 15 is 4.39 Å². The highest BCUT2D eigenvalue weighted by atomic mass is 19.1. The van der Waals surface area contributed by atoms with Gasteiger partial charge in [-0.3, -0.25) is 9.98 Å². The molecule has 39 heavy (non-hydrogen) atoms. The van der Waals surface area contributed by atoms with Gasteiger partial charge in [0.15, 0.2) is 23.0 Å². The maximum absolute atomic E-state index is 15.4. The molecule has 0 amide bonds. The Kier molecular flexibility index (Phi) is 7.86. The summed E-state index contributed by atoms with van der Waals surface area (Å²) in [5.74, 6) is 3.68. The van der Waals surface area contributed by atoms with Gasteiger partial charge in [0.25, 0.3) is 0 Å². The molecule has 0 atom stereocenters. The van der Waals surface area contributed by atoms with Crippen LogP contribution in [0.1, 0.15) is 22.3 Å². The quantitative estimate of drug-likeness (QED) is 0.386. The number of amidine groups is 2. The van der Waals surface area contributed by atoms with E-state index in [0.717, 1.165) is 49.0 Å². The first-order valence-electron chi connectivity index (χ1n) is 12.9. The van der Waals surface area contributed by atoms with Crippen LogP contribution in [0.2, 0.25) is 0 Å². The average Bonchev–Trinajstić information content (AvgIpc) is 3.59. The summed E-state index contributed by atoms with van der Waals surface area (Å²) in [5, 5.41) is 0. The molecule has 0 saturated carbocycles. The third kappa shape index (κ3) is 5.62. The van der Waals surface area contributed by atoms with Crippen LogP contribution in [0.15, 0.2) is 64.6 Å². The predicted octanol–water partition coefficient (Wildman–Crippen LogP) is 4.38. The summed E-state index contributed by atoms with van der Waals surface area (Å²) in [4.78, 5) is 13.3. The minimum absolute atomic E-state index is 0.0455. The molecule has 0 radical (unpaired) electrons. The zero-order chi connectivity index (χ0) is 27.4. The Labute approximate surface area is 228 Å². The highest BCUT2D eigenvalue weighted by Crippen LogP contribution is 2.32. The number of rotatable bonds is 10. The minimum Gasteiger partial charge on any atom is -0.493 e. The van der Waals surface area contributed by atoms with E-state index in [1.165, 1.54) is 0 Å². The second kappa shape index (κ2) is 11.6. The van der Waals surface area contributed by atoms with Crippen LogP contribution >= 0.6 is 0 Å². The smallest absolute Gasteiger partial charge is 0.161 e. The van der Waals surface area contributed by atoms with Crippen molar-refractivity contribution in [2.75, 3.05) is 54.5 Å².